The minimum Gasteiger partial charge on any atom is -0.478 e. The lowest BCUT2D eigenvalue weighted by molar-refractivity contribution is 0.0697. The minimum atomic E-state index is -0.999. The molecule has 0 aliphatic rings. The Balaban J connectivity index is 1.46. The Morgan fingerprint density at radius 3 is 2.45 bits per heavy atom. The first-order chi connectivity index (χ1) is 14.7. The number of nitrogens with one attached hydrogen (secondary N) is 2. The Bertz CT molecular complexity index is 1270. The van der Waals surface area contributed by atoms with E-state index in [-0.39, 0.29) is 11.0 Å². The van der Waals surface area contributed by atoms with Crippen LogP contribution in [0.1, 0.15) is 36.9 Å². The normalized spacial score (nSPS) is 11.5. The highest BCUT2D eigenvalue weighted by molar-refractivity contribution is 5.99. The summed E-state index contributed by atoms with van der Waals surface area (Å²) < 4.78 is 7.06. The van der Waals surface area contributed by atoms with Gasteiger partial charge in [0.25, 0.3) is 0 Å². The van der Waals surface area contributed by atoms with E-state index >= 15 is 0 Å². The lowest BCUT2D eigenvalue weighted by Crippen LogP contribution is -2.19. The van der Waals surface area contributed by atoms with Crippen LogP contribution in [0, 0.1) is 0 Å². The predicted molar refractivity (Wildman–Crippen MR) is 115 cm³/mol. The molecule has 0 bridgehead atoms. The van der Waals surface area contributed by atoms with E-state index in [1.165, 1.54) is 12.1 Å². The van der Waals surface area contributed by atoms with Crippen molar-refractivity contribution in [2.45, 2.75) is 26.2 Å². The number of anilines is 2. The Hall–Kier alpha value is -4.14. The standard InChI is InChI=1S/C22H21N5O4/c1-22(2,3)17-11-18(26-31-17)25-21(30)24-15-6-4-13(5-7-15)16-12-23-19-10-14(20(28)29)8-9-27(16)19/h4-12H,1-3H3,(H,28,29)(H2,24,25,26,30). The second-order valence-corrected chi connectivity index (χ2v) is 8.08. The van der Waals surface area contributed by atoms with Crippen molar-refractivity contribution in [2.24, 2.45) is 0 Å². The Morgan fingerprint density at radius 2 is 1.81 bits per heavy atom. The van der Waals surface area contributed by atoms with E-state index < -0.39 is 12.0 Å². The third kappa shape index (κ3) is 4.25. The van der Waals surface area contributed by atoms with Gasteiger partial charge in [-0.05, 0) is 24.3 Å². The number of urea groups is 1. The summed E-state index contributed by atoms with van der Waals surface area (Å²) in [6, 6.07) is 11.5. The number of amides is 2. The lowest BCUT2D eigenvalue weighted by Gasteiger charge is -2.12. The van der Waals surface area contributed by atoms with Gasteiger partial charge in [-0.25, -0.2) is 14.6 Å². The Labute approximate surface area is 177 Å². The molecule has 31 heavy (non-hydrogen) atoms. The van der Waals surface area contributed by atoms with Gasteiger partial charge >= 0.3 is 12.0 Å². The Kier molecular flexibility index (Phi) is 4.94. The van der Waals surface area contributed by atoms with Crippen LogP contribution in [0.25, 0.3) is 16.9 Å². The van der Waals surface area contributed by atoms with E-state index in [9.17, 15) is 9.59 Å². The fourth-order valence-corrected chi connectivity index (χ4v) is 3.02. The van der Waals surface area contributed by atoms with Crippen LogP contribution in [0.5, 0.6) is 0 Å². The third-order valence-electron chi connectivity index (χ3n) is 4.69. The number of carbonyl (C=O) groups excluding carboxylic acids is 1. The highest BCUT2D eigenvalue weighted by atomic mass is 16.5. The summed E-state index contributed by atoms with van der Waals surface area (Å²) in [4.78, 5) is 27.7. The molecule has 0 unspecified atom stereocenters. The van der Waals surface area contributed by atoms with Gasteiger partial charge in [-0.3, -0.25) is 9.72 Å². The number of imidazole rings is 1. The number of pyridine rings is 1. The van der Waals surface area contributed by atoms with Crippen LogP contribution in [0.4, 0.5) is 16.3 Å². The lowest BCUT2D eigenvalue weighted by atomic mass is 9.93. The molecule has 4 aromatic rings. The number of hydrogen-bond donors (Lipinski definition) is 3. The van der Waals surface area contributed by atoms with Gasteiger partial charge in [0.05, 0.1) is 17.5 Å². The zero-order valence-corrected chi connectivity index (χ0v) is 17.2. The van der Waals surface area contributed by atoms with Gasteiger partial charge in [0, 0.05) is 28.9 Å². The summed E-state index contributed by atoms with van der Waals surface area (Å²) in [6.07, 6.45) is 3.35. The number of hydrogen-bond acceptors (Lipinski definition) is 5. The molecule has 2 amide bonds. The van der Waals surface area contributed by atoms with E-state index in [4.69, 9.17) is 9.63 Å². The highest BCUT2D eigenvalue weighted by Crippen LogP contribution is 2.25. The highest BCUT2D eigenvalue weighted by Gasteiger charge is 2.20. The monoisotopic (exact) mass is 419 g/mol. The molecule has 1 aromatic carbocycles. The number of rotatable bonds is 4. The summed E-state index contributed by atoms with van der Waals surface area (Å²) in [5, 5.41) is 18.4. The van der Waals surface area contributed by atoms with Crippen LogP contribution in [-0.2, 0) is 5.41 Å². The number of carboxylic acid groups (broad SMARTS) is 1. The van der Waals surface area contributed by atoms with Gasteiger partial charge in [0.15, 0.2) is 5.82 Å². The van der Waals surface area contributed by atoms with Gasteiger partial charge in [0.1, 0.15) is 11.4 Å². The second-order valence-electron chi connectivity index (χ2n) is 8.08. The molecule has 0 saturated carbocycles. The Morgan fingerprint density at radius 1 is 1.06 bits per heavy atom. The second kappa shape index (κ2) is 7.60. The van der Waals surface area contributed by atoms with E-state index in [0.717, 1.165) is 11.3 Å². The van der Waals surface area contributed by atoms with Crippen LogP contribution < -0.4 is 10.6 Å². The molecule has 0 atom stereocenters. The van der Waals surface area contributed by atoms with Crippen LogP contribution in [0.15, 0.2) is 59.4 Å². The maximum absolute atomic E-state index is 12.3. The number of benzene rings is 1. The summed E-state index contributed by atoms with van der Waals surface area (Å²) >= 11 is 0. The predicted octanol–water partition coefficient (Wildman–Crippen LogP) is 4.63. The van der Waals surface area contributed by atoms with Gasteiger partial charge in [-0.1, -0.05) is 38.1 Å². The summed E-state index contributed by atoms with van der Waals surface area (Å²) in [5.74, 6) is 0.0159. The van der Waals surface area contributed by atoms with E-state index in [1.54, 1.807) is 35.0 Å². The largest absolute Gasteiger partial charge is 0.478 e. The fraction of sp³-hybridized carbons (Fsp3) is 0.182. The van der Waals surface area contributed by atoms with Crippen molar-refractivity contribution in [1.29, 1.82) is 0 Å². The van der Waals surface area contributed by atoms with Crippen LogP contribution in [0.2, 0.25) is 0 Å². The first-order valence-electron chi connectivity index (χ1n) is 9.57. The first kappa shape index (κ1) is 20.1. The average molecular weight is 419 g/mol. The van der Waals surface area contributed by atoms with Crippen LogP contribution in [0.3, 0.4) is 0 Å². The minimum absolute atomic E-state index is 0.178. The summed E-state index contributed by atoms with van der Waals surface area (Å²) in [5.41, 5.74) is 2.79. The van der Waals surface area contributed by atoms with Gasteiger partial charge in [-0.2, -0.15) is 0 Å². The topological polar surface area (TPSA) is 122 Å². The molecule has 0 fully saturated rings. The number of carboxylic acids is 1. The molecule has 3 heterocycles. The third-order valence-corrected chi connectivity index (χ3v) is 4.69. The number of aromatic nitrogens is 3. The molecule has 0 radical (unpaired) electrons. The molecule has 158 valence electrons. The number of aromatic carboxylic acids is 1. The van der Waals surface area contributed by atoms with Crippen molar-refractivity contribution in [3.05, 3.63) is 66.2 Å². The van der Waals surface area contributed by atoms with E-state index in [1.807, 2.05) is 32.9 Å². The molecular weight excluding hydrogens is 398 g/mol. The quantitative estimate of drug-likeness (QED) is 0.443. The number of nitrogens with zero attached hydrogens (tertiary/aromatic N) is 3. The van der Waals surface area contributed by atoms with Crippen molar-refractivity contribution in [2.75, 3.05) is 10.6 Å². The zero-order chi connectivity index (χ0) is 22.2. The molecule has 9 nitrogen and oxygen atoms in total. The van der Waals surface area contributed by atoms with Crippen molar-refractivity contribution < 1.29 is 19.2 Å². The number of carbonyl (C=O) groups is 2. The van der Waals surface area contributed by atoms with Gasteiger partial charge in [-0.15, -0.1) is 0 Å². The maximum atomic E-state index is 12.3. The summed E-state index contributed by atoms with van der Waals surface area (Å²) in [7, 11) is 0. The van der Waals surface area contributed by atoms with Crippen molar-refractivity contribution in [3.8, 4) is 11.3 Å². The SMILES string of the molecule is CC(C)(C)c1cc(NC(=O)Nc2ccc(-c3cnc4cc(C(=O)O)ccn34)cc2)no1. The maximum Gasteiger partial charge on any atom is 0.335 e. The van der Waals surface area contributed by atoms with Gasteiger partial charge < -0.3 is 14.9 Å². The molecule has 3 aromatic heterocycles. The van der Waals surface area contributed by atoms with Crippen molar-refractivity contribution >= 4 is 29.2 Å². The average Bonchev–Trinajstić information content (AvgIpc) is 3.35. The zero-order valence-electron chi connectivity index (χ0n) is 17.2. The molecular formula is C22H21N5O4. The van der Waals surface area contributed by atoms with Crippen LogP contribution in [-0.4, -0.2) is 31.6 Å². The van der Waals surface area contributed by atoms with E-state index in [2.05, 4.69) is 20.8 Å². The van der Waals surface area contributed by atoms with E-state index in [0.29, 0.717) is 22.9 Å². The van der Waals surface area contributed by atoms with Crippen LogP contribution >= 0.6 is 0 Å². The molecule has 0 aliphatic carbocycles. The molecule has 3 N–H and O–H groups in total. The smallest absolute Gasteiger partial charge is 0.335 e. The number of fused-ring (bicyclic) bond motifs is 1. The molecule has 0 saturated heterocycles. The molecule has 0 spiro atoms. The molecule has 4 rings (SSSR count). The summed E-state index contributed by atoms with van der Waals surface area (Å²) in [6.45, 7) is 5.98. The molecule has 9 heteroatoms. The molecule has 0 aliphatic heterocycles. The van der Waals surface area contributed by atoms with Crippen molar-refractivity contribution in [1.82, 2.24) is 14.5 Å². The van der Waals surface area contributed by atoms with Gasteiger partial charge in [0.2, 0.25) is 0 Å². The fourth-order valence-electron chi connectivity index (χ4n) is 3.02. The van der Waals surface area contributed by atoms with Crippen molar-refractivity contribution in [3.63, 3.8) is 0 Å². The first-order valence-corrected chi connectivity index (χ1v) is 9.57.